The van der Waals surface area contributed by atoms with Crippen LogP contribution < -0.4 is 10.1 Å². The van der Waals surface area contributed by atoms with Crippen molar-refractivity contribution < 1.29 is 14.3 Å². The summed E-state index contributed by atoms with van der Waals surface area (Å²) in [5.41, 5.74) is 5.05. The Balaban J connectivity index is 1.55. The number of nitrogens with one attached hydrogen (secondary N) is 1. The van der Waals surface area contributed by atoms with E-state index in [1.54, 1.807) is 19.2 Å². The third-order valence-corrected chi connectivity index (χ3v) is 6.02. The Morgan fingerprint density at radius 3 is 2.79 bits per heavy atom. The van der Waals surface area contributed by atoms with Gasteiger partial charge in [0.2, 0.25) is 11.8 Å². The van der Waals surface area contributed by atoms with Crippen LogP contribution in [-0.2, 0) is 16.0 Å². The van der Waals surface area contributed by atoms with Crippen molar-refractivity contribution in [1.82, 2.24) is 10.2 Å². The predicted molar refractivity (Wildman–Crippen MR) is 132 cm³/mol. The molecule has 0 saturated carbocycles. The van der Waals surface area contributed by atoms with Gasteiger partial charge in [-0.2, -0.15) is 5.26 Å². The van der Waals surface area contributed by atoms with Gasteiger partial charge in [0, 0.05) is 30.3 Å². The first kappa shape index (κ1) is 23.5. The summed E-state index contributed by atoms with van der Waals surface area (Å²) in [4.78, 5) is 18.6. The Morgan fingerprint density at radius 2 is 2.12 bits per heavy atom. The van der Waals surface area contributed by atoms with Crippen LogP contribution in [0.15, 0.2) is 48.0 Å². The van der Waals surface area contributed by atoms with Gasteiger partial charge in [0.1, 0.15) is 11.8 Å². The molecule has 0 bridgehead atoms. The van der Waals surface area contributed by atoms with E-state index in [1.165, 1.54) is 11.1 Å². The van der Waals surface area contributed by atoms with Gasteiger partial charge in [0.25, 0.3) is 0 Å². The number of fused-ring (bicyclic) bond motifs is 1. The van der Waals surface area contributed by atoms with Gasteiger partial charge in [-0.3, -0.25) is 4.79 Å². The zero-order valence-electron chi connectivity index (χ0n) is 19.9. The Hall–Kier alpha value is -3.63. The van der Waals surface area contributed by atoms with Crippen molar-refractivity contribution in [3.05, 3.63) is 70.8 Å². The molecule has 1 amide bonds. The van der Waals surface area contributed by atoms with Gasteiger partial charge in [-0.05, 0) is 56.0 Å². The normalized spacial score (nSPS) is 16.7. The van der Waals surface area contributed by atoms with Crippen LogP contribution in [0.4, 0.5) is 0 Å². The number of nitriles is 1. The van der Waals surface area contributed by atoms with Gasteiger partial charge >= 0.3 is 0 Å². The van der Waals surface area contributed by atoms with E-state index in [1.807, 2.05) is 36.9 Å². The molecule has 0 aromatic heterocycles. The van der Waals surface area contributed by atoms with Crippen molar-refractivity contribution in [2.45, 2.75) is 38.8 Å². The highest BCUT2D eigenvalue weighted by molar-refractivity contribution is 5.98. The summed E-state index contributed by atoms with van der Waals surface area (Å²) in [5, 5.41) is 13.0. The van der Waals surface area contributed by atoms with Crippen molar-refractivity contribution in [2.24, 2.45) is 4.99 Å². The molecule has 2 aromatic carbocycles. The lowest BCUT2D eigenvalue weighted by molar-refractivity contribution is -0.124. The summed E-state index contributed by atoms with van der Waals surface area (Å²) in [6.07, 6.45) is 1.78. The minimum atomic E-state index is -0.0314. The van der Waals surface area contributed by atoms with Crippen LogP contribution in [0.3, 0.4) is 0 Å². The molecule has 1 atom stereocenters. The highest BCUT2D eigenvalue weighted by Gasteiger charge is 2.28. The number of nitrogens with zero attached hydrogens (tertiary/aromatic N) is 3. The molecule has 2 aromatic rings. The molecule has 34 heavy (non-hydrogen) atoms. The topological polar surface area (TPSA) is 86.7 Å². The summed E-state index contributed by atoms with van der Waals surface area (Å²) in [6.45, 7) is 10.1. The monoisotopic (exact) mass is 458 g/mol. The van der Waals surface area contributed by atoms with Crippen molar-refractivity contribution >= 4 is 17.5 Å². The second kappa shape index (κ2) is 10.1. The molecule has 7 nitrogen and oxygen atoms in total. The lowest BCUT2D eigenvalue weighted by Gasteiger charge is -2.15. The van der Waals surface area contributed by atoms with Crippen LogP contribution in [0, 0.1) is 11.3 Å². The highest BCUT2D eigenvalue weighted by atomic mass is 16.5. The van der Waals surface area contributed by atoms with Crippen LogP contribution in [0.5, 0.6) is 5.75 Å². The maximum atomic E-state index is 12.0. The molecule has 1 aliphatic heterocycles. The molecule has 176 valence electrons. The number of carbonyl (C=O) groups excluding carboxylic acids is 1. The molecule has 1 aliphatic carbocycles. The molecule has 1 saturated heterocycles. The molecule has 1 heterocycles. The fraction of sp³-hybridized carbons (Fsp3) is 0.370. The average molecular weight is 459 g/mol. The predicted octanol–water partition coefficient (Wildman–Crippen LogP) is 3.83. The average Bonchev–Trinajstić information content (AvgIpc) is 3.60. The van der Waals surface area contributed by atoms with Gasteiger partial charge in [-0.25, -0.2) is 4.99 Å². The van der Waals surface area contributed by atoms with Gasteiger partial charge in [0.05, 0.1) is 31.0 Å². The Morgan fingerprint density at radius 1 is 1.32 bits per heavy atom. The third kappa shape index (κ3) is 5.13. The second-order valence-electron chi connectivity index (χ2n) is 8.78. The van der Waals surface area contributed by atoms with Crippen LogP contribution in [0.2, 0.25) is 0 Å². The van der Waals surface area contributed by atoms with Crippen molar-refractivity contribution in [2.75, 3.05) is 26.7 Å². The molecule has 7 heteroatoms. The fourth-order valence-electron chi connectivity index (χ4n) is 4.28. The van der Waals surface area contributed by atoms with E-state index in [0.29, 0.717) is 35.0 Å². The standard InChI is InChI=1S/C27H30N4O3/c1-17(2)34-25-11-8-19(14-20(25)15-28)27(33-4)30-18(3)21-6-5-7-23-22(21)9-10-24(23)29-16-26(32)31-12-13-31/h5-8,11,14,17,24,29H,3,9-10,12-13,16H2,1-2,4H3/t24-/m0/s1. The maximum absolute atomic E-state index is 12.0. The van der Waals surface area contributed by atoms with Gasteiger partial charge in [-0.15, -0.1) is 0 Å². The number of carbonyl (C=O) groups is 1. The van der Waals surface area contributed by atoms with E-state index in [0.717, 1.165) is 31.5 Å². The van der Waals surface area contributed by atoms with Crippen LogP contribution >= 0.6 is 0 Å². The summed E-state index contributed by atoms with van der Waals surface area (Å²) < 4.78 is 11.3. The SMILES string of the molecule is C=C(N=C(OC)c1ccc(OC(C)C)c(C#N)c1)c1cccc2c1CC[C@@H]2NCC(=O)N1CC1. The van der Waals surface area contributed by atoms with Gasteiger partial charge in [0.15, 0.2) is 0 Å². The zero-order valence-corrected chi connectivity index (χ0v) is 19.9. The summed E-state index contributed by atoms with van der Waals surface area (Å²) >= 11 is 0. The molecule has 1 N–H and O–H groups in total. The Bertz CT molecular complexity index is 1170. The maximum Gasteiger partial charge on any atom is 0.236 e. The number of methoxy groups -OCH3 is 1. The lowest BCUT2D eigenvalue weighted by Crippen LogP contribution is -2.30. The molecule has 0 radical (unpaired) electrons. The van der Waals surface area contributed by atoms with E-state index in [2.05, 4.69) is 29.0 Å². The number of ether oxygens (including phenoxy) is 2. The van der Waals surface area contributed by atoms with Crippen molar-refractivity contribution in [1.29, 1.82) is 5.26 Å². The van der Waals surface area contributed by atoms with E-state index < -0.39 is 0 Å². The van der Waals surface area contributed by atoms with Gasteiger partial charge < -0.3 is 19.7 Å². The third-order valence-electron chi connectivity index (χ3n) is 6.02. The molecule has 0 unspecified atom stereocenters. The Kier molecular flexibility index (Phi) is 6.99. The van der Waals surface area contributed by atoms with Crippen LogP contribution in [0.25, 0.3) is 5.70 Å². The van der Waals surface area contributed by atoms with Crippen LogP contribution in [-0.4, -0.2) is 49.6 Å². The first-order chi connectivity index (χ1) is 16.4. The molecular weight excluding hydrogens is 428 g/mol. The summed E-state index contributed by atoms with van der Waals surface area (Å²) in [7, 11) is 1.55. The minimum Gasteiger partial charge on any atom is -0.490 e. The highest BCUT2D eigenvalue weighted by Crippen LogP contribution is 2.36. The van der Waals surface area contributed by atoms with Crippen molar-refractivity contribution in [3.63, 3.8) is 0 Å². The van der Waals surface area contributed by atoms with Crippen molar-refractivity contribution in [3.8, 4) is 11.8 Å². The molecule has 0 spiro atoms. The van der Waals surface area contributed by atoms with E-state index in [-0.39, 0.29) is 18.1 Å². The van der Waals surface area contributed by atoms with E-state index in [9.17, 15) is 10.1 Å². The number of hydrogen-bond acceptors (Lipinski definition) is 6. The molecule has 1 fully saturated rings. The van der Waals surface area contributed by atoms with E-state index in [4.69, 9.17) is 9.47 Å². The quantitative estimate of drug-likeness (QED) is 0.369. The first-order valence-electron chi connectivity index (χ1n) is 11.6. The fourth-order valence-corrected chi connectivity index (χ4v) is 4.28. The van der Waals surface area contributed by atoms with Crippen LogP contribution in [0.1, 0.15) is 54.1 Å². The molecule has 2 aliphatic rings. The second-order valence-corrected chi connectivity index (χ2v) is 8.78. The lowest BCUT2D eigenvalue weighted by atomic mass is 10.0. The number of aliphatic imine (C=N–C) groups is 1. The summed E-state index contributed by atoms with van der Waals surface area (Å²) in [5.74, 6) is 1.07. The first-order valence-corrected chi connectivity index (χ1v) is 11.6. The number of amides is 1. The molecule has 4 rings (SSSR count). The zero-order chi connectivity index (χ0) is 24.2. The largest absolute Gasteiger partial charge is 0.490 e. The number of rotatable bonds is 8. The number of hydrogen-bond donors (Lipinski definition) is 1. The summed E-state index contributed by atoms with van der Waals surface area (Å²) in [6, 6.07) is 13.8. The minimum absolute atomic E-state index is 0.0314. The number of benzene rings is 2. The van der Waals surface area contributed by atoms with E-state index >= 15 is 0 Å². The Labute approximate surface area is 200 Å². The smallest absolute Gasteiger partial charge is 0.236 e. The molecular formula is C27H30N4O3. The van der Waals surface area contributed by atoms with Gasteiger partial charge in [-0.1, -0.05) is 24.8 Å².